The van der Waals surface area contributed by atoms with E-state index in [0.717, 1.165) is 11.1 Å². The van der Waals surface area contributed by atoms with Gasteiger partial charge in [-0.15, -0.1) is 0 Å². The molecule has 0 atom stereocenters. The summed E-state index contributed by atoms with van der Waals surface area (Å²) in [6.07, 6.45) is 3.36. The van der Waals surface area contributed by atoms with Gasteiger partial charge < -0.3 is 14.5 Å². The van der Waals surface area contributed by atoms with Crippen LogP contribution >= 0.6 is 0 Å². The molecule has 0 unspecified atom stereocenters. The Morgan fingerprint density at radius 2 is 2.10 bits per heavy atom. The van der Waals surface area contributed by atoms with Crippen molar-refractivity contribution >= 4 is 22.7 Å². The van der Waals surface area contributed by atoms with Crippen LogP contribution < -0.4 is 5.32 Å². The van der Waals surface area contributed by atoms with Crippen LogP contribution in [0.15, 0.2) is 47.1 Å². The Bertz CT molecular complexity index is 768. The molecule has 2 aromatic heterocycles. The first-order chi connectivity index (χ1) is 10.3. The molecule has 0 aliphatic carbocycles. The molecule has 0 aliphatic rings. The van der Waals surface area contributed by atoms with Gasteiger partial charge in [0.1, 0.15) is 12.1 Å². The first-order valence-electron chi connectivity index (χ1n) is 6.36. The second kappa shape index (κ2) is 5.72. The SMILES string of the molecule is COCC(=O)Nc1ccc2nc(-c3ccncc3)oc2c1. The summed E-state index contributed by atoms with van der Waals surface area (Å²) in [6, 6.07) is 8.96. The van der Waals surface area contributed by atoms with Gasteiger partial charge in [0.05, 0.1) is 0 Å². The Balaban J connectivity index is 1.90. The van der Waals surface area contributed by atoms with E-state index in [0.29, 0.717) is 17.2 Å². The fraction of sp³-hybridized carbons (Fsp3) is 0.133. The maximum atomic E-state index is 11.5. The Kier molecular flexibility index (Phi) is 3.61. The Morgan fingerprint density at radius 1 is 1.29 bits per heavy atom. The number of hydrogen-bond acceptors (Lipinski definition) is 5. The molecular formula is C15H13N3O3. The predicted octanol–water partition coefficient (Wildman–Crippen LogP) is 2.47. The van der Waals surface area contributed by atoms with Crippen LogP contribution in [0.5, 0.6) is 0 Å². The minimum Gasteiger partial charge on any atom is -0.436 e. The summed E-state index contributed by atoms with van der Waals surface area (Å²) in [7, 11) is 1.47. The third kappa shape index (κ3) is 2.90. The lowest BCUT2D eigenvalue weighted by atomic mass is 10.3. The maximum absolute atomic E-state index is 11.5. The molecule has 0 aliphatic heterocycles. The number of pyridine rings is 1. The summed E-state index contributed by atoms with van der Waals surface area (Å²) in [5.41, 5.74) is 2.83. The standard InChI is InChI=1S/C15H13N3O3/c1-20-9-14(19)17-11-2-3-12-13(8-11)21-15(18-12)10-4-6-16-7-5-10/h2-8H,9H2,1H3,(H,17,19). The molecule has 3 aromatic rings. The van der Waals surface area contributed by atoms with Gasteiger partial charge in [0.15, 0.2) is 5.58 Å². The molecule has 1 amide bonds. The Morgan fingerprint density at radius 3 is 2.86 bits per heavy atom. The molecule has 0 fully saturated rings. The van der Waals surface area contributed by atoms with Crippen LogP contribution in [0.1, 0.15) is 0 Å². The van der Waals surface area contributed by atoms with E-state index in [1.165, 1.54) is 7.11 Å². The van der Waals surface area contributed by atoms with E-state index in [-0.39, 0.29) is 12.5 Å². The number of carbonyl (C=O) groups excluding carboxylic acids is 1. The third-order valence-corrected chi connectivity index (χ3v) is 2.87. The number of amides is 1. The topological polar surface area (TPSA) is 77.2 Å². The van der Waals surface area contributed by atoms with Gasteiger partial charge in [-0.2, -0.15) is 0 Å². The number of benzene rings is 1. The van der Waals surface area contributed by atoms with E-state index in [4.69, 9.17) is 9.15 Å². The molecule has 6 nitrogen and oxygen atoms in total. The summed E-state index contributed by atoms with van der Waals surface area (Å²) in [6.45, 7) is 0.0106. The largest absolute Gasteiger partial charge is 0.436 e. The zero-order chi connectivity index (χ0) is 14.7. The van der Waals surface area contributed by atoms with Gasteiger partial charge in [-0.25, -0.2) is 4.98 Å². The van der Waals surface area contributed by atoms with E-state index in [2.05, 4.69) is 15.3 Å². The zero-order valence-corrected chi connectivity index (χ0v) is 11.4. The van der Waals surface area contributed by atoms with Gasteiger partial charge in [0.25, 0.3) is 0 Å². The smallest absolute Gasteiger partial charge is 0.250 e. The second-order valence-electron chi connectivity index (χ2n) is 4.42. The van der Waals surface area contributed by atoms with Crippen LogP contribution in [0.25, 0.3) is 22.6 Å². The number of hydrogen-bond donors (Lipinski definition) is 1. The number of rotatable bonds is 4. The highest BCUT2D eigenvalue weighted by Gasteiger charge is 2.09. The molecule has 3 rings (SSSR count). The van der Waals surface area contributed by atoms with Crippen molar-refractivity contribution in [2.75, 3.05) is 19.0 Å². The van der Waals surface area contributed by atoms with Gasteiger partial charge in [-0.1, -0.05) is 0 Å². The number of ether oxygens (including phenoxy) is 1. The second-order valence-corrected chi connectivity index (χ2v) is 4.42. The molecule has 2 heterocycles. The molecule has 21 heavy (non-hydrogen) atoms. The molecule has 6 heteroatoms. The number of nitrogens with one attached hydrogen (secondary N) is 1. The zero-order valence-electron chi connectivity index (χ0n) is 11.4. The van der Waals surface area contributed by atoms with Gasteiger partial charge in [-0.05, 0) is 24.3 Å². The van der Waals surface area contributed by atoms with Crippen molar-refractivity contribution < 1.29 is 13.9 Å². The first kappa shape index (κ1) is 13.3. The summed E-state index contributed by atoms with van der Waals surface area (Å²) in [4.78, 5) is 19.9. The lowest BCUT2D eigenvalue weighted by Crippen LogP contribution is -2.16. The highest BCUT2D eigenvalue weighted by molar-refractivity contribution is 5.93. The van der Waals surface area contributed by atoms with E-state index >= 15 is 0 Å². The monoisotopic (exact) mass is 283 g/mol. The molecule has 0 saturated carbocycles. The van der Waals surface area contributed by atoms with Gasteiger partial charge >= 0.3 is 0 Å². The van der Waals surface area contributed by atoms with Crippen molar-refractivity contribution in [3.8, 4) is 11.5 Å². The number of nitrogens with zero attached hydrogens (tertiary/aromatic N) is 2. The number of methoxy groups -OCH3 is 1. The molecular weight excluding hydrogens is 270 g/mol. The third-order valence-electron chi connectivity index (χ3n) is 2.87. The van der Waals surface area contributed by atoms with Crippen LogP contribution in [-0.2, 0) is 9.53 Å². The summed E-state index contributed by atoms with van der Waals surface area (Å²) in [5.74, 6) is 0.304. The Hall–Kier alpha value is -2.73. The van der Waals surface area contributed by atoms with E-state index in [1.54, 1.807) is 30.6 Å². The Labute approximate surface area is 120 Å². The molecule has 0 saturated heterocycles. The average molecular weight is 283 g/mol. The molecule has 1 N–H and O–H groups in total. The number of aromatic nitrogens is 2. The normalized spacial score (nSPS) is 10.7. The number of carbonyl (C=O) groups is 1. The highest BCUT2D eigenvalue weighted by atomic mass is 16.5. The fourth-order valence-corrected chi connectivity index (χ4v) is 1.95. The van der Waals surface area contributed by atoms with Crippen molar-refractivity contribution in [2.45, 2.75) is 0 Å². The van der Waals surface area contributed by atoms with Crippen molar-refractivity contribution in [1.82, 2.24) is 9.97 Å². The van der Waals surface area contributed by atoms with Crippen LogP contribution in [0.3, 0.4) is 0 Å². The fourth-order valence-electron chi connectivity index (χ4n) is 1.95. The van der Waals surface area contributed by atoms with Gasteiger partial charge in [0.2, 0.25) is 11.8 Å². The summed E-state index contributed by atoms with van der Waals surface area (Å²) >= 11 is 0. The van der Waals surface area contributed by atoms with Crippen LogP contribution in [0.2, 0.25) is 0 Å². The van der Waals surface area contributed by atoms with Crippen LogP contribution in [0, 0.1) is 0 Å². The van der Waals surface area contributed by atoms with Crippen LogP contribution in [0.4, 0.5) is 5.69 Å². The quantitative estimate of drug-likeness (QED) is 0.796. The van der Waals surface area contributed by atoms with Crippen molar-refractivity contribution in [3.05, 3.63) is 42.7 Å². The van der Waals surface area contributed by atoms with Crippen molar-refractivity contribution in [1.29, 1.82) is 0 Å². The molecule has 0 spiro atoms. The number of oxazole rings is 1. The summed E-state index contributed by atoms with van der Waals surface area (Å²) < 4.78 is 10.5. The minimum absolute atomic E-state index is 0.0106. The number of anilines is 1. The van der Waals surface area contributed by atoms with E-state index in [9.17, 15) is 4.79 Å². The maximum Gasteiger partial charge on any atom is 0.250 e. The molecule has 0 bridgehead atoms. The van der Waals surface area contributed by atoms with E-state index < -0.39 is 0 Å². The first-order valence-corrected chi connectivity index (χ1v) is 6.36. The van der Waals surface area contributed by atoms with Gasteiger partial charge in [0, 0.05) is 36.8 Å². The summed E-state index contributed by atoms with van der Waals surface area (Å²) in [5, 5.41) is 2.72. The minimum atomic E-state index is -0.217. The molecule has 0 radical (unpaired) electrons. The average Bonchev–Trinajstić information content (AvgIpc) is 2.91. The predicted molar refractivity (Wildman–Crippen MR) is 77.7 cm³/mol. The van der Waals surface area contributed by atoms with Gasteiger partial charge in [-0.3, -0.25) is 9.78 Å². The lowest BCUT2D eigenvalue weighted by molar-refractivity contribution is -0.119. The molecule has 106 valence electrons. The highest BCUT2D eigenvalue weighted by Crippen LogP contribution is 2.25. The van der Waals surface area contributed by atoms with Crippen molar-refractivity contribution in [2.24, 2.45) is 0 Å². The molecule has 1 aromatic carbocycles. The van der Waals surface area contributed by atoms with Crippen molar-refractivity contribution in [3.63, 3.8) is 0 Å². The number of fused-ring (bicyclic) bond motifs is 1. The van der Waals surface area contributed by atoms with Crippen LogP contribution in [-0.4, -0.2) is 29.6 Å². The van der Waals surface area contributed by atoms with E-state index in [1.807, 2.05) is 12.1 Å². The lowest BCUT2D eigenvalue weighted by Gasteiger charge is -2.03.